The van der Waals surface area contributed by atoms with Crippen molar-refractivity contribution in [3.05, 3.63) is 88.5 Å². The van der Waals surface area contributed by atoms with E-state index < -0.39 is 0 Å². The predicted molar refractivity (Wildman–Crippen MR) is 94.5 cm³/mol. The fourth-order valence-corrected chi connectivity index (χ4v) is 3.43. The molecule has 26 heavy (non-hydrogen) atoms. The lowest BCUT2D eigenvalue weighted by atomic mass is 10.2. The second-order valence-corrected chi connectivity index (χ2v) is 6.45. The van der Waals surface area contributed by atoms with Gasteiger partial charge in [0.2, 0.25) is 5.65 Å². The molecule has 0 amide bonds. The van der Waals surface area contributed by atoms with Crippen molar-refractivity contribution in [2.75, 3.05) is 0 Å². The number of hydrogen-bond acceptors (Lipinski definition) is 4. The maximum atomic E-state index is 13.7. The van der Waals surface area contributed by atoms with Crippen LogP contribution in [0, 0.1) is 11.6 Å². The van der Waals surface area contributed by atoms with Gasteiger partial charge in [-0.2, -0.15) is 0 Å². The highest BCUT2D eigenvalue weighted by Crippen LogP contribution is 2.22. The quantitative estimate of drug-likeness (QED) is 0.517. The molecule has 0 fully saturated rings. The van der Waals surface area contributed by atoms with Crippen molar-refractivity contribution in [1.29, 1.82) is 0 Å². The van der Waals surface area contributed by atoms with Gasteiger partial charge in [-0.05, 0) is 35.9 Å². The topological polar surface area (TPSA) is 52.2 Å². The Morgan fingerprint density at radius 2 is 1.73 bits per heavy atom. The van der Waals surface area contributed by atoms with E-state index in [0.29, 0.717) is 22.2 Å². The van der Waals surface area contributed by atoms with Crippen LogP contribution in [0.2, 0.25) is 0 Å². The van der Waals surface area contributed by atoms with Crippen molar-refractivity contribution in [2.45, 2.75) is 10.9 Å². The largest absolute Gasteiger partial charge is 0.300 e. The second-order valence-electron chi connectivity index (χ2n) is 5.51. The van der Waals surface area contributed by atoms with Gasteiger partial charge in [0.25, 0.3) is 0 Å². The Morgan fingerprint density at radius 3 is 2.50 bits per heavy atom. The predicted octanol–water partition coefficient (Wildman–Crippen LogP) is 3.45. The number of rotatable bonds is 4. The number of fused-ring (bicyclic) bond motifs is 1. The number of benzene rings is 2. The van der Waals surface area contributed by atoms with E-state index in [-0.39, 0.29) is 22.8 Å². The molecule has 130 valence electrons. The van der Waals surface area contributed by atoms with E-state index in [1.165, 1.54) is 46.7 Å². The highest BCUT2D eigenvalue weighted by Gasteiger charge is 2.13. The van der Waals surface area contributed by atoms with E-state index >= 15 is 0 Å². The zero-order chi connectivity index (χ0) is 18.1. The minimum absolute atomic E-state index is 0.146. The lowest BCUT2D eigenvalue weighted by molar-refractivity contribution is 0.617. The molecular formula is C18H12F2N4OS. The van der Waals surface area contributed by atoms with Gasteiger partial charge >= 0.3 is 5.56 Å². The lowest BCUT2D eigenvalue weighted by Gasteiger charge is -2.06. The molecule has 4 aromatic rings. The lowest BCUT2D eigenvalue weighted by Crippen LogP contribution is -2.20. The molecule has 2 aromatic heterocycles. The first kappa shape index (κ1) is 16.5. The van der Waals surface area contributed by atoms with Gasteiger partial charge in [0.05, 0.1) is 0 Å². The number of nitrogens with zero attached hydrogens (tertiary/aromatic N) is 4. The Kier molecular flexibility index (Phi) is 4.26. The van der Waals surface area contributed by atoms with Crippen molar-refractivity contribution in [1.82, 2.24) is 19.2 Å². The van der Waals surface area contributed by atoms with Crippen LogP contribution in [0.3, 0.4) is 0 Å². The Hall–Kier alpha value is -3.00. The average molecular weight is 370 g/mol. The number of thioether (sulfide) groups is 1. The molecule has 0 aliphatic rings. The standard InChI is InChI=1S/C18H12F2N4OS/c19-13-5-7-14(8-6-13)23-9-10-24-16(17(23)25)21-22-18(24)26-11-12-3-1-2-4-15(12)20/h1-10H,11H2. The highest BCUT2D eigenvalue weighted by atomic mass is 32.2. The fourth-order valence-electron chi connectivity index (χ4n) is 2.53. The van der Waals surface area contributed by atoms with Crippen LogP contribution >= 0.6 is 11.8 Å². The SMILES string of the molecule is O=c1c2nnc(SCc3ccccc3F)n2ccn1-c1ccc(F)cc1. The van der Waals surface area contributed by atoms with Crippen LogP contribution in [-0.4, -0.2) is 19.2 Å². The normalized spacial score (nSPS) is 11.2. The molecule has 0 atom stereocenters. The van der Waals surface area contributed by atoms with Crippen molar-refractivity contribution in [2.24, 2.45) is 0 Å². The van der Waals surface area contributed by atoms with E-state index in [9.17, 15) is 13.6 Å². The second kappa shape index (κ2) is 6.72. The first-order chi connectivity index (χ1) is 12.6. The summed E-state index contributed by atoms with van der Waals surface area (Å²) >= 11 is 1.29. The summed E-state index contributed by atoms with van der Waals surface area (Å²) in [4.78, 5) is 12.6. The Balaban J connectivity index is 1.67. The summed E-state index contributed by atoms with van der Waals surface area (Å²) in [6, 6.07) is 12.1. The van der Waals surface area contributed by atoms with Gasteiger partial charge in [-0.3, -0.25) is 13.8 Å². The molecule has 8 heteroatoms. The summed E-state index contributed by atoms with van der Waals surface area (Å²) in [6.07, 6.45) is 3.23. The molecule has 0 radical (unpaired) electrons. The summed E-state index contributed by atoms with van der Waals surface area (Å²) in [5.41, 5.74) is 0.855. The third-order valence-corrected chi connectivity index (χ3v) is 4.85. The van der Waals surface area contributed by atoms with Crippen LogP contribution in [0.4, 0.5) is 8.78 Å². The molecule has 0 saturated heterocycles. The molecule has 0 spiro atoms. The van der Waals surface area contributed by atoms with E-state index in [1.807, 2.05) is 0 Å². The maximum Gasteiger partial charge on any atom is 0.300 e. The molecule has 0 aliphatic carbocycles. The summed E-state index contributed by atoms with van der Waals surface area (Å²) in [5, 5.41) is 8.47. The van der Waals surface area contributed by atoms with E-state index in [4.69, 9.17) is 0 Å². The highest BCUT2D eigenvalue weighted by molar-refractivity contribution is 7.98. The minimum Gasteiger partial charge on any atom is -0.280 e. The van der Waals surface area contributed by atoms with Crippen LogP contribution in [0.25, 0.3) is 11.3 Å². The van der Waals surface area contributed by atoms with E-state index in [0.717, 1.165) is 0 Å². The van der Waals surface area contributed by atoms with Crippen LogP contribution in [0.1, 0.15) is 5.56 Å². The summed E-state index contributed by atoms with van der Waals surface area (Å²) in [5.74, 6) is -0.293. The van der Waals surface area contributed by atoms with Crippen LogP contribution in [0.15, 0.2) is 70.9 Å². The van der Waals surface area contributed by atoms with Gasteiger partial charge in [0, 0.05) is 23.8 Å². The molecule has 4 rings (SSSR count). The number of aromatic nitrogens is 4. The molecule has 2 heterocycles. The van der Waals surface area contributed by atoms with Crippen molar-refractivity contribution < 1.29 is 8.78 Å². The van der Waals surface area contributed by atoms with E-state index in [1.54, 1.807) is 35.0 Å². The monoisotopic (exact) mass is 370 g/mol. The molecule has 2 aromatic carbocycles. The third kappa shape index (κ3) is 2.99. The van der Waals surface area contributed by atoms with Gasteiger partial charge in [0.1, 0.15) is 11.6 Å². The van der Waals surface area contributed by atoms with Gasteiger partial charge in [-0.1, -0.05) is 30.0 Å². The molecule has 0 N–H and O–H groups in total. The third-order valence-electron chi connectivity index (χ3n) is 3.86. The average Bonchev–Trinajstić information content (AvgIpc) is 3.06. The first-order valence-electron chi connectivity index (χ1n) is 7.72. The molecule has 0 bridgehead atoms. The number of hydrogen-bond donors (Lipinski definition) is 0. The van der Waals surface area contributed by atoms with Crippen molar-refractivity contribution in [3.8, 4) is 5.69 Å². The minimum atomic E-state index is -0.378. The summed E-state index contributed by atoms with van der Waals surface area (Å²) < 4.78 is 29.7. The Labute approximate surface area is 150 Å². The maximum absolute atomic E-state index is 13.7. The molecule has 0 saturated carbocycles. The zero-order valence-corrected chi connectivity index (χ0v) is 14.2. The van der Waals surface area contributed by atoms with Crippen molar-refractivity contribution in [3.63, 3.8) is 0 Å². The first-order valence-corrected chi connectivity index (χ1v) is 8.70. The molecular weight excluding hydrogens is 358 g/mol. The molecule has 0 aliphatic heterocycles. The summed E-state index contributed by atoms with van der Waals surface area (Å²) in [7, 11) is 0. The fraction of sp³-hybridized carbons (Fsp3) is 0.0556. The van der Waals surface area contributed by atoms with Crippen molar-refractivity contribution >= 4 is 17.4 Å². The van der Waals surface area contributed by atoms with Gasteiger partial charge in [0.15, 0.2) is 5.16 Å². The molecule has 5 nitrogen and oxygen atoms in total. The Bertz CT molecular complexity index is 1140. The Morgan fingerprint density at radius 1 is 0.962 bits per heavy atom. The van der Waals surface area contributed by atoms with Crippen LogP contribution < -0.4 is 5.56 Å². The summed E-state index contributed by atoms with van der Waals surface area (Å²) in [6.45, 7) is 0. The number of halogens is 2. The van der Waals surface area contributed by atoms with Gasteiger partial charge in [-0.15, -0.1) is 10.2 Å². The van der Waals surface area contributed by atoms with Gasteiger partial charge in [-0.25, -0.2) is 8.78 Å². The van der Waals surface area contributed by atoms with E-state index in [2.05, 4.69) is 10.2 Å². The molecule has 0 unspecified atom stereocenters. The zero-order valence-electron chi connectivity index (χ0n) is 13.3. The van der Waals surface area contributed by atoms with Crippen LogP contribution in [0.5, 0.6) is 0 Å². The smallest absolute Gasteiger partial charge is 0.280 e. The van der Waals surface area contributed by atoms with Crippen LogP contribution in [-0.2, 0) is 5.75 Å². The van der Waals surface area contributed by atoms with Gasteiger partial charge < -0.3 is 0 Å².